The SMILES string of the molecule is COC(=O)Nc1ncn2c1c(=O)n(C(C)C)c1ccccc12. The lowest BCUT2D eigenvalue weighted by molar-refractivity contribution is 0.187. The summed E-state index contributed by atoms with van der Waals surface area (Å²) in [5.74, 6) is 0.192. The number of carbonyl (C=O) groups excluding carboxylic acids is 1. The molecule has 0 aliphatic heterocycles. The monoisotopic (exact) mass is 300 g/mol. The standard InChI is InChI=1S/C15H16N4O3/c1-9(2)19-11-7-5-4-6-10(11)18-8-16-13(12(18)14(19)20)17-15(21)22-3/h4-9H,1-3H3,(H,17,21). The molecule has 0 saturated heterocycles. The van der Waals surface area contributed by atoms with Crippen molar-refractivity contribution in [2.45, 2.75) is 19.9 Å². The van der Waals surface area contributed by atoms with Crippen molar-refractivity contribution in [2.75, 3.05) is 12.4 Å². The molecule has 7 heteroatoms. The highest BCUT2D eigenvalue weighted by Gasteiger charge is 2.18. The number of nitrogens with zero attached hydrogens (tertiary/aromatic N) is 3. The molecule has 0 fully saturated rings. The van der Waals surface area contributed by atoms with Crippen LogP contribution in [-0.4, -0.2) is 27.2 Å². The van der Waals surface area contributed by atoms with Crippen molar-refractivity contribution in [3.8, 4) is 0 Å². The Hall–Kier alpha value is -2.83. The van der Waals surface area contributed by atoms with Gasteiger partial charge in [-0.3, -0.25) is 14.5 Å². The fourth-order valence-corrected chi connectivity index (χ4v) is 2.58. The number of ether oxygens (including phenoxy) is 1. The van der Waals surface area contributed by atoms with Gasteiger partial charge in [0.05, 0.1) is 18.1 Å². The van der Waals surface area contributed by atoms with Gasteiger partial charge in [0.25, 0.3) is 5.56 Å². The molecule has 2 aromatic heterocycles. The number of nitrogens with one attached hydrogen (secondary N) is 1. The number of benzene rings is 1. The van der Waals surface area contributed by atoms with E-state index < -0.39 is 6.09 Å². The summed E-state index contributed by atoms with van der Waals surface area (Å²) in [6.45, 7) is 3.88. The van der Waals surface area contributed by atoms with Crippen LogP contribution in [0.4, 0.5) is 10.6 Å². The first-order valence-corrected chi connectivity index (χ1v) is 6.90. The van der Waals surface area contributed by atoms with E-state index in [9.17, 15) is 9.59 Å². The van der Waals surface area contributed by atoms with Gasteiger partial charge in [-0.1, -0.05) is 12.1 Å². The van der Waals surface area contributed by atoms with Gasteiger partial charge in [0.1, 0.15) is 6.33 Å². The summed E-state index contributed by atoms with van der Waals surface area (Å²) in [6.07, 6.45) is 0.860. The summed E-state index contributed by atoms with van der Waals surface area (Å²) in [4.78, 5) is 28.4. The third-order valence-corrected chi connectivity index (χ3v) is 3.51. The lowest BCUT2D eigenvalue weighted by Gasteiger charge is -2.15. The van der Waals surface area contributed by atoms with E-state index in [1.807, 2.05) is 38.1 Å². The van der Waals surface area contributed by atoms with Crippen LogP contribution in [0.15, 0.2) is 35.4 Å². The van der Waals surface area contributed by atoms with Crippen LogP contribution in [0.3, 0.4) is 0 Å². The van der Waals surface area contributed by atoms with E-state index in [4.69, 9.17) is 0 Å². The maximum Gasteiger partial charge on any atom is 0.412 e. The molecule has 0 radical (unpaired) electrons. The zero-order chi connectivity index (χ0) is 15.9. The van der Waals surface area contributed by atoms with E-state index in [0.29, 0.717) is 5.52 Å². The van der Waals surface area contributed by atoms with Gasteiger partial charge >= 0.3 is 6.09 Å². The molecule has 0 unspecified atom stereocenters. The Morgan fingerprint density at radius 2 is 1.95 bits per heavy atom. The number of imidazole rings is 1. The molecule has 0 bridgehead atoms. The summed E-state index contributed by atoms with van der Waals surface area (Å²) >= 11 is 0. The first-order valence-electron chi connectivity index (χ1n) is 6.90. The number of hydrogen-bond acceptors (Lipinski definition) is 4. The highest BCUT2D eigenvalue weighted by Crippen LogP contribution is 2.21. The van der Waals surface area contributed by atoms with Gasteiger partial charge in [-0.05, 0) is 26.0 Å². The first-order chi connectivity index (χ1) is 10.5. The lowest BCUT2D eigenvalue weighted by Crippen LogP contribution is -2.25. The van der Waals surface area contributed by atoms with Crippen LogP contribution in [0.5, 0.6) is 0 Å². The number of hydrogen-bond donors (Lipinski definition) is 1. The van der Waals surface area contributed by atoms with E-state index in [0.717, 1.165) is 11.0 Å². The summed E-state index contributed by atoms with van der Waals surface area (Å²) in [5, 5.41) is 2.48. The smallest absolute Gasteiger partial charge is 0.412 e. The van der Waals surface area contributed by atoms with Gasteiger partial charge in [0.15, 0.2) is 11.3 Å². The molecular formula is C15H16N4O3. The highest BCUT2D eigenvalue weighted by atomic mass is 16.5. The van der Waals surface area contributed by atoms with Crippen LogP contribution in [0.25, 0.3) is 16.6 Å². The number of anilines is 1. The molecule has 2 heterocycles. The van der Waals surface area contributed by atoms with Crippen LogP contribution in [0, 0.1) is 0 Å². The molecule has 0 aliphatic rings. The summed E-state index contributed by atoms with van der Waals surface area (Å²) in [5.41, 5.74) is 1.77. The van der Waals surface area contributed by atoms with Crippen LogP contribution in [0.2, 0.25) is 0 Å². The predicted molar refractivity (Wildman–Crippen MR) is 83.4 cm³/mol. The Bertz CT molecular complexity index is 924. The third kappa shape index (κ3) is 2.02. The summed E-state index contributed by atoms with van der Waals surface area (Å²) in [6, 6.07) is 7.55. The van der Waals surface area contributed by atoms with Crippen LogP contribution >= 0.6 is 0 Å². The third-order valence-electron chi connectivity index (χ3n) is 3.51. The molecule has 1 aromatic carbocycles. The van der Waals surface area contributed by atoms with Gasteiger partial charge in [0.2, 0.25) is 0 Å². The van der Waals surface area contributed by atoms with Gasteiger partial charge in [-0.25, -0.2) is 9.78 Å². The minimum absolute atomic E-state index is 0.0247. The molecule has 0 aliphatic carbocycles. The van der Waals surface area contributed by atoms with Crippen molar-refractivity contribution >= 4 is 28.5 Å². The fraction of sp³-hybridized carbons (Fsp3) is 0.267. The van der Waals surface area contributed by atoms with Crippen LogP contribution in [-0.2, 0) is 4.74 Å². The second-order valence-corrected chi connectivity index (χ2v) is 5.19. The molecular weight excluding hydrogens is 284 g/mol. The minimum Gasteiger partial charge on any atom is -0.453 e. The molecule has 0 spiro atoms. The number of fused-ring (bicyclic) bond motifs is 3. The topological polar surface area (TPSA) is 77.6 Å². The second kappa shape index (κ2) is 5.18. The van der Waals surface area contributed by atoms with E-state index in [2.05, 4.69) is 15.0 Å². The van der Waals surface area contributed by atoms with E-state index in [1.165, 1.54) is 13.4 Å². The molecule has 3 aromatic rings. The summed E-state index contributed by atoms with van der Waals surface area (Å²) < 4.78 is 7.94. The van der Waals surface area contributed by atoms with Gasteiger partial charge < -0.3 is 9.30 Å². The molecule has 3 rings (SSSR count). The van der Waals surface area contributed by atoms with Crippen molar-refractivity contribution in [3.63, 3.8) is 0 Å². The normalized spacial score (nSPS) is 11.3. The Kier molecular flexibility index (Phi) is 3.32. The maximum atomic E-state index is 12.8. The van der Waals surface area contributed by atoms with Crippen molar-refractivity contribution in [2.24, 2.45) is 0 Å². The Labute approximate surface area is 126 Å². The van der Waals surface area contributed by atoms with E-state index in [1.54, 1.807) is 8.97 Å². The average Bonchev–Trinajstić information content (AvgIpc) is 2.91. The van der Waals surface area contributed by atoms with E-state index in [-0.39, 0.29) is 17.4 Å². The molecule has 7 nitrogen and oxygen atoms in total. The van der Waals surface area contributed by atoms with Crippen molar-refractivity contribution in [1.29, 1.82) is 0 Å². The summed E-state index contributed by atoms with van der Waals surface area (Å²) in [7, 11) is 1.26. The van der Waals surface area contributed by atoms with E-state index >= 15 is 0 Å². The average molecular weight is 300 g/mol. The van der Waals surface area contributed by atoms with Crippen LogP contribution < -0.4 is 10.9 Å². The maximum absolute atomic E-state index is 12.8. The van der Waals surface area contributed by atoms with Gasteiger partial charge in [0, 0.05) is 6.04 Å². The predicted octanol–water partition coefficient (Wildman–Crippen LogP) is 2.41. The minimum atomic E-state index is -0.663. The van der Waals surface area contributed by atoms with Crippen molar-refractivity contribution in [3.05, 3.63) is 40.9 Å². The molecule has 22 heavy (non-hydrogen) atoms. The molecule has 0 saturated carbocycles. The van der Waals surface area contributed by atoms with Crippen molar-refractivity contribution in [1.82, 2.24) is 14.0 Å². The number of aromatic nitrogens is 3. The molecule has 114 valence electrons. The van der Waals surface area contributed by atoms with Crippen LogP contribution in [0.1, 0.15) is 19.9 Å². The van der Waals surface area contributed by atoms with Gasteiger partial charge in [-0.15, -0.1) is 0 Å². The van der Waals surface area contributed by atoms with Gasteiger partial charge in [-0.2, -0.15) is 0 Å². The number of methoxy groups -OCH3 is 1. The largest absolute Gasteiger partial charge is 0.453 e. The first kappa shape index (κ1) is 14.1. The zero-order valence-corrected chi connectivity index (χ0v) is 12.5. The quantitative estimate of drug-likeness (QED) is 0.788. The highest BCUT2D eigenvalue weighted by molar-refractivity contribution is 5.91. The second-order valence-electron chi connectivity index (χ2n) is 5.19. The fourth-order valence-electron chi connectivity index (χ4n) is 2.58. The molecule has 1 amide bonds. The molecule has 0 atom stereocenters. The number of amides is 1. The number of para-hydroxylation sites is 2. The zero-order valence-electron chi connectivity index (χ0n) is 12.5. The number of carbonyl (C=O) groups is 1. The van der Waals surface area contributed by atoms with Crippen molar-refractivity contribution < 1.29 is 9.53 Å². The Balaban J connectivity index is 2.42. The molecule has 1 N–H and O–H groups in total. The Morgan fingerprint density at radius 1 is 1.27 bits per heavy atom. The number of rotatable bonds is 2. The lowest BCUT2D eigenvalue weighted by atomic mass is 10.2. The Morgan fingerprint density at radius 3 is 2.59 bits per heavy atom.